The average Bonchev–Trinajstić information content (AvgIpc) is 2.83. The standard InChI is InChI=1S/C16H19N3O4S/c1-4-23-15(22)10-5-7-11(8-6-10)18-13(20)9-12-14(21)19(3)16(17-2)24-12/h5-8,12H,4,9H2,1-3H3,(H,18,20)/t12-/m1/s1. The molecule has 1 saturated heterocycles. The predicted molar refractivity (Wildman–Crippen MR) is 93.2 cm³/mol. The van der Waals surface area contributed by atoms with Crippen LogP contribution in [0, 0.1) is 0 Å². The number of nitrogens with zero attached hydrogens (tertiary/aromatic N) is 2. The first-order valence-corrected chi connectivity index (χ1v) is 8.32. The van der Waals surface area contributed by atoms with Gasteiger partial charge in [-0.2, -0.15) is 0 Å². The van der Waals surface area contributed by atoms with Gasteiger partial charge in [0.2, 0.25) is 11.8 Å². The number of hydrogen-bond donors (Lipinski definition) is 1. The van der Waals surface area contributed by atoms with Crippen LogP contribution in [0.25, 0.3) is 0 Å². The van der Waals surface area contributed by atoms with Gasteiger partial charge < -0.3 is 10.1 Å². The van der Waals surface area contributed by atoms with E-state index in [1.807, 2.05) is 0 Å². The van der Waals surface area contributed by atoms with Crippen LogP contribution in [-0.2, 0) is 14.3 Å². The molecule has 24 heavy (non-hydrogen) atoms. The minimum absolute atomic E-state index is 0.0620. The molecule has 0 aromatic heterocycles. The van der Waals surface area contributed by atoms with Crippen molar-refractivity contribution >= 4 is 40.4 Å². The predicted octanol–water partition coefficient (Wildman–Crippen LogP) is 1.75. The summed E-state index contributed by atoms with van der Waals surface area (Å²) in [5, 5.41) is 2.86. The Kier molecular flexibility index (Phi) is 5.97. The Bertz CT molecular complexity index is 672. The van der Waals surface area contributed by atoms with Gasteiger partial charge in [-0.05, 0) is 31.2 Å². The van der Waals surface area contributed by atoms with Crippen molar-refractivity contribution in [3.63, 3.8) is 0 Å². The second-order valence-corrected chi connectivity index (χ2v) is 6.23. The van der Waals surface area contributed by atoms with E-state index in [4.69, 9.17) is 4.74 Å². The van der Waals surface area contributed by atoms with Gasteiger partial charge in [-0.1, -0.05) is 11.8 Å². The molecule has 1 heterocycles. The molecule has 1 atom stereocenters. The van der Waals surface area contributed by atoms with Gasteiger partial charge in [0.1, 0.15) is 5.25 Å². The first kappa shape index (κ1) is 18.0. The minimum Gasteiger partial charge on any atom is -0.462 e. The largest absolute Gasteiger partial charge is 0.462 e. The van der Waals surface area contributed by atoms with Gasteiger partial charge in [0.25, 0.3) is 0 Å². The Morgan fingerprint density at radius 1 is 1.33 bits per heavy atom. The van der Waals surface area contributed by atoms with Crippen LogP contribution in [0.4, 0.5) is 5.69 Å². The van der Waals surface area contributed by atoms with Crippen LogP contribution in [0.2, 0.25) is 0 Å². The molecule has 7 nitrogen and oxygen atoms in total. The highest BCUT2D eigenvalue weighted by Gasteiger charge is 2.36. The summed E-state index contributed by atoms with van der Waals surface area (Å²) < 4.78 is 4.90. The van der Waals surface area contributed by atoms with E-state index in [2.05, 4.69) is 10.3 Å². The molecule has 1 aliphatic rings. The molecule has 1 N–H and O–H groups in total. The number of hydrogen-bond acceptors (Lipinski definition) is 6. The lowest BCUT2D eigenvalue weighted by Gasteiger charge is -2.09. The fourth-order valence-corrected chi connectivity index (χ4v) is 3.28. The second kappa shape index (κ2) is 7.96. The lowest BCUT2D eigenvalue weighted by atomic mass is 10.2. The maximum Gasteiger partial charge on any atom is 0.338 e. The van der Waals surface area contributed by atoms with E-state index in [-0.39, 0.29) is 18.2 Å². The number of amidine groups is 1. The van der Waals surface area contributed by atoms with Gasteiger partial charge in [0.15, 0.2) is 5.17 Å². The molecule has 8 heteroatoms. The molecule has 0 bridgehead atoms. The molecule has 0 spiro atoms. The Balaban J connectivity index is 1.93. The maximum absolute atomic E-state index is 12.1. The number of carbonyl (C=O) groups is 3. The zero-order valence-electron chi connectivity index (χ0n) is 13.7. The van der Waals surface area contributed by atoms with Crippen molar-refractivity contribution < 1.29 is 19.1 Å². The summed E-state index contributed by atoms with van der Waals surface area (Å²) in [4.78, 5) is 41.2. The quantitative estimate of drug-likeness (QED) is 0.818. The molecule has 0 aliphatic carbocycles. The number of thioether (sulfide) groups is 1. The second-order valence-electron chi connectivity index (χ2n) is 5.06. The highest BCUT2D eigenvalue weighted by Crippen LogP contribution is 2.28. The van der Waals surface area contributed by atoms with Crippen LogP contribution in [0.15, 0.2) is 29.3 Å². The van der Waals surface area contributed by atoms with Crippen molar-refractivity contribution in [3.05, 3.63) is 29.8 Å². The Morgan fingerprint density at radius 3 is 2.54 bits per heavy atom. The van der Waals surface area contributed by atoms with Crippen LogP contribution >= 0.6 is 11.8 Å². The summed E-state index contributed by atoms with van der Waals surface area (Å²) in [5.41, 5.74) is 0.975. The van der Waals surface area contributed by atoms with E-state index in [9.17, 15) is 14.4 Å². The molecular formula is C16H19N3O4S. The minimum atomic E-state index is -0.465. The first-order chi connectivity index (χ1) is 11.5. The number of rotatable bonds is 5. The molecule has 2 amide bonds. The highest BCUT2D eigenvalue weighted by atomic mass is 32.2. The number of ether oxygens (including phenoxy) is 1. The summed E-state index contributed by atoms with van der Waals surface area (Å²) in [6.07, 6.45) is 0.0620. The highest BCUT2D eigenvalue weighted by molar-refractivity contribution is 8.15. The van der Waals surface area contributed by atoms with E-state index in [0.717, 1.165) is 0 Å². The summed E-state index contributed by atoms with van der Waals surface area (Å²) in [6.45, 7) is 2.04. The number of carbonyl (C=O) groups excluding carboxylic acids is 3. The fraction of sp³-hybridized carbons (Fsp3) is 0.375. The molecule has 0 radical (unpaired) electrons. The van der Waals surface area contributed by atoms with Gasteiger partial charge in [-0.25, -0.2) is 4.79 Å². The van der Waals surface area contributed by atoms with Gasteiger partial charge in [-0.3, -0.25) is 19.5 Å². The van der Waals surface area contributed by atoms with E-state index in [1.54, 1.807) is 45.3 Å². The van der Waals surface area contributed by atoms with Crippen LogP contribution in [0.3, 0.4) is 0 Å². The summed E-state index contributed by atoms with van der Waals surface area (Å²) in [6, 6.07) is 6.41. The Morgan fingerprint density at radius 2 is 2.00 bits per heavy atom. The van der Waals surface area contributed by atoms with Crippen molar-refractivity contribution in [2.24, 2.45) is 4.99 Å². The summed E-state index contributed by atoms with van der Waals surface area (Å²) in [5.74, 6) is -0.804. The van der Waals surface area contributed by atoms with Gasteiger partial charge in [0.05, 0.1) is 12.2 Å². The monoisotopic (exact) mass is 349 g/mol. The lowest BCUT2D eigenvalue weighted by molar-refractivity contribution is -0.127. The lowest BCUT2D eigenvalue weighted by Crippen LogP contribution is -2.30. The zero-order chi connectivity index (χ0) is 17.7. The van der Waals surface area contributed by atoms with Crippen molar-refractivity contribution in [3.8, 4) is 0 Å². The van der Waals surface area contributed by atoms with E-state index >= 15 is 0 Å². The number of benzene rings is 1. The molecule has 1 aliphatic heterocycles. The molecular weight excluding hydrogens is 330 g/mol. The summed E-state index contributed by atoms with van der Waals surface area (Å²) in [7, 11) is 3.25. The fourth-order valence-electron chi connectivity index (χ4n) is 2.18. The number of anilines is 1. The van der Waals surface area contributed by atoms with Gasteiger partial charge in [0, 0.05) is 26.2 Å². The van der Waals surface area contributed by atoms with E-state index in [1.165, 1.54) is 16.7 Å². The topological polar surface area (TPSA) is 88.1 Å². The number of nitrogens with one attached hydrogen (secondary N) is 1. The van der Waals surface area contributed by atoms with Gasteiger partial charge in [-0.15, -0.1) is 0 Å². The molecule has 0 saturated carbocycles. The van der Waals surface area contributed by atoms with Crippen molar-refractivity contribution in [1.29, 1.82) is 0 Å². The maximum atomic E-state index is 12.1. The first-order valence-electron chi connectivity index (χ1n) is 7.44. The third kappa shape index (κ3) is 4.14. The SMILES string of the molecule is CCOC(=O)c1ccc(NC(=O)C[C@H]2SC(=NC)N(C)C2=O)cc1. The van der Waals surface area contributed by atoms with E-state index < -0.39 is 11.2 Å². The number of amides is 2. The molecule has 128 valence electrons. The van der Waals surface area contributed by atoms with Crippen molar-refractivity contribution in [2.75, 3.05) is 26.0 Å². The van der Waals surface area contributed by atoms with Crippen LogP contribution in [0.1, 0.15) is 23.7 Å². The molecule has 1 aromatic carbocycles. The number of esters is 1. The Labute approximate surface area is 144 Å². The van der Waals surface area contributed by atoms with E-state index in [0.29, 0.717) is 23.0 Å². The Hall–Kier alpha value is -2.35. The smallest absolute Gasteiger partial charge is 0.338 e. The average molecular weight is 349 g/mol. The van der Waals surface area contributed by atoms with Crippen LogP contribution in [-0.4, -0.2) is 53.8 Å². The normalized spacial score (nSPS) is 18.8. The van der Waals surface area contributed by atoms with Crippen molar-refractivity contribution in [1.82, 2.24) is 4.90 Å². The van der Waals surface area contributed by atoms with Crippen LogP contribution in [0.5, 0.6) is 0 Å². The third-order valence-electron chi connectivity index (χ3n) is 3.38. The molecule has 1 aromatic rings. The zero-order valence-corrected chi connectivity index (χ0v) is 14.6. The van der Waals surface area contributed by atoms with Gasteiger partial charge >= 0.3 is 5.97 Å². The van der Waals surface area contributed by atoms with Crippen LogP contribution < -0.4 is 5.32 Å². The molecule has 2 rings (SSSR count). The number of aliphatic imine (C=N–C) groups is 1. The molecule has 0 unspecified atom stereocenters. The third-order valence-corrected chi connectivity index (χ3v) is 4.70. The van der Waals surface area contributed by atoms with Crippen molar-refractivity contribution in [2.45, 2.75) is 18.6 Å². The summed E-state index contributed by atoms with van der Waals surface area (Å²) >= 11 is 1.28. The molecule has 1 fully saturated rings.